The quantitative estimate of drug-likeness (QED) is 0.228. The lowest BCUT2D eigenvalue weighted by Crippen LogP contribution is -2.43. The van der Waals surface area contributed by atoms with Gasteiger partial charge in [-0.05, 0) is 42.8 Å². The van der Waals surface area contributed by atoms with Crippen molar-refractivity contribution in [3.05, 3.63) is 89.7 Å². The van der Waals surface area contributed by atoms with Gasteiger partial charge in [0.05, 0.1) is 6.54 Å². The van der Waals surface area contributed by atoms with Crippen LogP contribution in [-0.2, 0) is 17.8 Å². The molecule has 0 saturated heterocycles. The molecule has 0 spiro atoms. The smallest absolute Gasteiger partial charge is 0.241 e. The van der Waals surface area contributed by atoms with Crippen molar-refractivity contribution >= 4 is 35.8 Å². The van der Waals surface area contributed by atoms with Gasteiger partial charge in [-0.3, -0.25) is 14.8 Å². The second-order valence-corrected chi connectivity index (χ2v) is 7.69. The Morgan fingerprint density at radius 3 is 2.53 bits per heavy atom. The Hall–Kier alpha value is -3.14. The van der Waals surface area contributed by atoms with Crippen molar-refractivity contribution in [1.82, 2.24) is 20.5 Å². The van der Waals surface area contributed by atoms with Gasteiger partial charge in [0, 0.05) is 51.1 Å². The molecule has 34 heavy (non-hydrogen) atoms. The fraction of sp³-hybridized carbons (Fsp3) is 0.269. The zero-order valence-electron chi connectivity index (χ0n) is 19.8. The summed E-state index contributed by atoms with van der Waals surface area (Å²) in [5, 5.41) is 6.35. The molecule has 2 aromatic carbocycles. The highest BCUT2D eigenvalue weighted by Gasteiger charge is 2.11. The second kappa shape index (κ2) is 14.2. The number of benzene rings is 2. The number of aromatic nitrogens is 1. The third kappa shape index (κ3) is 8.66. The molecule has 0 atom stereocenters. The second-order valence-electron chi connectivity index (χ2n) is 7.69. The monoisotopic (exact) mass is 573 g/mol. The minimum absolute atomic E-state index is 0. The van der Waals surface area contributed by atoms with Crippen LogP contribution in [0.1, 0.15) is 16.8 Å². The number of likely N-dealkylation sites (N-methyl/N-ethyl adjacent to an activating group) is 1. The number of amides is 1. The third-order valence-electron chi connectivity index (χ3n) is 5.13. The molecule has 1 aromatic heterocycles. The van der Waals surface area contributed by atoms with Gasteiger partial charge in [-0.1, -0.05) is 36.4 Å². The van der Waals surface area contributed by atoms with Crippen molar-refractivity contribution in [3.8, 4) is 11.5 Å². The van der Waals surface area contributed by atoms with E-state index >= 15 is 0 Å². The van der Waals surface area contributed by atoms with E-state index in [0.29, 0.717) is 25.5 Å². The van der Waals surface area contributed by atoms with Gasteiger partial charge >= 0.3 is 0 Å². The first-order valence-corrected chi connectivity index (χ1v) is 11.0. The molecule has 0 saturated carbocycles. The number of aryl methyl sites for hydroxylation is 1. The van der Waals surface area contributed by atoms with Crippen LogP contribution in [0.3, 0.4) is 0 Å². The maximum atomic E-state index is 12.5. The largest absolute Gasteiger partial charge is 0.457 e. The first-order valence-electron chi connectivity index (χ1n) is 11.0. The summed E-state index contributed by atoms with van der Waals surface area (Å²) in [6.07, 6.45) is 2.48. The molecule has 0 aliphatic heterocycles. The predicted octanol–water partition coefficient (Wildman–Crippen LogP) is 4.17. The number of carbonyl (C=O) groups is 1. The minimum Gasteiger partial charge on any atom is -0.457 e. The molecule has 0 aliphatic carbocycles. The third-order valence-corrected chi connectivity index (χ3v) is 5.13. The molecule has 8 heteroatoms. The summed E-state index contributed by atoms with van der Waals surface area (Å²) in [5.41, 5.74) is 3.08. The van der Waals surface area contributed by atoms with Gasteiger partial charge in [0.25, 0.3) is 0 Å². The minimum atomic E-state index is -0.0164. The van der Waals surface area contributed by atoms with Crippen LogP contribution in [0.15, 0.2) is 77.9 Å². The average molecular weight is 573 g/mol. The Morgan fingerprint density at radius 2 is 1.82 bits per heavy atom. The van der Waals surface area contributed by atoms with E-state index in [1.165, 1.54) is 0 Å². The molecule has 1 heterocycles. The zero-order valence-corrected chi connectivity index (χ0v) is 22.2. The van der Waals surface area contributed by atoms with Crippen LogP contribution in [0.25, 0.3) is 0 Å². The van der Waals surface area contributed by atoms with Crippen LogP contribution in [0.2, 0.25) is 0 Å². The maximum Gasteiger partial charge on any atom is 0.241 e. The van der Waals surface area contributed by atoms with Crippen molar-refractivity contribution in [1.29, 1.82) is 0 Å². The molecule has 0 unspecified atom stereocenters. The number of nitrogens with one attached hydrogen (secondary N) is 2. The molecule has 0 fully saturated rings. The summed E-state index contributed by atoms with van der Waals surface area (Å²) in [6.45, 7) is 3.30. The summed E-state index contributed by atoms with van der Waals surface area (Å²) in [7, 11) is 3.48. The van der Waals surface area contributed by atoms with E-state index < -0.39 is 0 Å². The summed E-state index contributed by atoms with van der Waals surface area (Å²) in [6, 6.07) is 21.6. The van der Waals surface area contributed by atoms with E-state index in [9.17, 15) is 4.79 Å². The van der Waals surface area contributed by atoms with Crippen molar-refractivity contribution < 1.29 is 9.53 Å². The lowest BCUT2D eigenvalue weighted by Gasteiger charge is -2.19. The van der Waals surface area contributed by atoms with E-state index in [4.69, 9.17) is 4.74 Å². The van der Waals surface area contributed by atoms with Crippen molar-refractivity contribution in [2.45, 2.75) is 19.9 Å². The molecule has 1 amide bonds. The average Bonchev–Trinajstić information content (AvgIpc) is 2.84. The van der Waals surface area contributed by atoms with Gasteiger partial charge in [-0.2, -0.15) is 0 Å². The number of para-hydroxylation sites is 1. The van der Waals surface area contributed by atoms with E-state index in [1.54, 1.807) is 25.2 Å². The van der Waals surface area contributed by atoms with E-state index in [0.717, 1.165) is 28.3 Å². The highest BCUT2D eigenvalue weighted by molar-refractivity contribution is 14.0. The number of guanidine groups is 1. The number of halogens is 1. The Bertz CT molecular complexity index is 1060. The molecule has 7 nitrogen and oxygen atoms in total. The highest BCUT2D eigenvalue weighted by Crippen LogP contribution is 2.26. The number of hydrogen-bond acceptors (Lipinski definition) is 4. The molecular formula is C26H32IN5O2. The van der Waals surface area contributed by atoms with Crippen LogP contribution in [-0.4, -0.2) is 48.9 Å². The molecule has 0 bridgehead atoms. The summed E-state index contributed by atoms with van der Waals surface area (Å²) >= 11 is 0. The number of nitrogens with zero attached hydrogens (tertiary/aromatic N) is 3. The zero-order chi connectivity index (χ0) is 23.5. The first kappa shape index (κ1) is 27.1. The van der Waals surface area contributed by atoms with E-state index in [1.807, 2.05) is 73.7 Å². The van der Waals surface area contributed by atoms with E-state index in [-0.39, 0.29) is 36.4 Å². The summed E-state index contributed by atoms with van der Waals surface area (Å²) in [5.74, 6) is 2.10. The summed E-state index contributed by atoms with van der Waals surface area (Å²) < 4.78 is 6.08. The molecule has 2 N–H and O–H groups in total. The topological polar surface area (TPSA) is 78.9 Å². The molecule has 0 aliphatic rings. The maximum absolute atomic E-state index is 12.5. The number of pyridine rings is 1. The van der Waals surface area contributed by atoms with Gasteiger partial charge in [0.15, 0.2) is 5.96 Å². The fourth-order valence-electron chi connectivity index (χ4n) is 3.17. The number of ether oxygens (including phenoxy) is 1. The van der Waals surface area contributed by atoms with Gasteiger partial charge in [0.1, 0.15) is 11.5 Å². The van der Waals surface area contributed by atoms with Gasteiger partial charge in [0.2, 0.25) is 5.91 Å². The standard InChI is InChI=1S/C26H31N5O2.HI/c1-20-12-13-21(24(17-20)33-23-10-5-4-6-11-23)18-29-26(27-2)30-19-25(32)31(3)16-14-22-9-7-8-15-28-22;/h4-13,15,17H,14,16,18-19H2,1-3H3,(H2,27,29,30);1H. The van der Waals surface area contributed by atoms with Crippen molar-refractivity contribution in [2.24, 2.45) is 4.99 Å². The normalized spacial score (nSPS) is 10.7. The lowest BCUT2D eigenvalue weighted by atomic mass is 10.1. The Balaban J connectivity index is 0.00000408. The number of carbonyl (C=O) groups excluding carboxylic acids is 1. The number of aliphatic imine (C=N–C) groups is 1. The van der Waals surface area contributed by atoms with Crippen molar-refractivity contribution in [3.63, 3.8) is 0 Å². The number of rotatable bonds is 9. The molecule has 180 valence electrons. The molecule has 3 rings (SSSR count). The molecular weight excluding hydrogens is 541 g/mol. The van der Waals surface area contributed by atoms with Crippen LogP contribution in [0, 0.1) is 6.92 Å². The van der Waals surface area contributed by atoms with Crippen LogP contribution >= 0.6 is 24.0 Å². The fourth-order valence-corrected chi connectivity index (χ4v) is 3.17. The first-order chi connectivity index (χ1) is 16.0. The van der Waals surface area contributed by atoms with Gasteiger partial charge in [-0.25, -0.2) is 0 Å². The Morgan fingerprint density at radius 1 is 1.06 bits per heavy atom. The van der Waals surface area contributed by atoms with E-state index in [2.05, 4.69) is 20.6 Å². The van der Waals surface area contributed by atoms with Crippen LogP contribution in [0.4, 0.5) is 0 Å². The lowest BCUT2D eigenvalue weighted by molar-refractivity contribution is -0.128. The van der Waals surface area contributed by atoms with Gasteiger partial charge in [-0.15, -0.1) is 24.0 Å². The molecule has 0 radical (unpaired) electrons. The Labute approximate surface area is 218 Å². The predicted molar refractivity (Wildman–Crippen MR) is 147 cm³/mol. The van der Waals surface area contributed by atoms with Crippen LogP contribution in [0.5, 0.6) is 11.5 Å². The Kier molecular flexibility index (Phi) is 11.3. The SMILES string of the molecule is CN=C(NCC(=O)N(C)CCc1ccccn1)NCc1ccc(C)cc1Oc1ccccc1.I. The molecule has 3 aromatic rings. The number of hydrogen-bond donors (Lipinski definition) is 2. The van der Waals surface area contributed by atoms with Crippen LogP contribution < -0.4 is 15.4 Å². The van der Waals surface area contributed by atoms with Gasteiger partial charge < -0.3 is 20.3 Å². The summed E-state index contributed by atoms with van der Waals surface area (Å²) in [4.78, 5) is 22.7. The highest BCUT2D eigenvalue weighted by atomic mass is 127. The van der Waals surface area contributed by atoms with Crippen molar-refractivity contribution in [2.75, 3.05) is 27.2 Å².